The summed E-state index contributed by atoms with van der Waals surface area (Å²) < 4.78 is 31.5. The smallest absolute Gasteiger partial charge is 0.176 e. The lowest BCUT2D eigenvalue weighted by Gasteiger charge is -2.01. The van der Waals surface area contributed by atoms with E-state index in [4.69, 9.17) is 18.4 Å². The Kier molecular flexibility index (Phi) is 1.46. The molecule has 0 aliphatic heterocycles. The van der Waals surface area contributed by atoms with Crippen molar-refractivity contribution in [2.24, 2.45) is 0 Å². The van der Waals surface area contributed by atoms with Gasteiger partial charge in [-0.15, -0.1) is 0 Å². The van der Waals surface area contributed by atoms with E-state index in [9.17, 15) is 0 Å². The average molecular weight is 195 g/mol. The number of hydrogen-bond donors (Lipinski definition) is 1. The van der Waals surface area contributed by atoms with Crippen LogP contribution in [0.1, 0.15) is 15.4 Å². The highest BCUT2D eigenvalue weighted by atomic mass is 16.5. The van der Waals surface area contributed by atoms with Crippen molar-refractivity contribution in [3.63, 3.8) is 0 Å². The number of fused-ring (bicyclic) bond motifs is 1. The van der Waals surface area contributed by atoms with Gasteiger partial charge in [-0.1, -0.05) is 0 Å². The zero-order valence-corrected chi connectivity index (χ0v) is 7.70. The van der Waals surface area contributed by atoms with E-state index >= 15 is 0 Å². The molecule has 3 heteroatoms. The van der Waals surface area contributed by atoms with Crippen LogP contribution in [0.4, 0.5) is 0 Å². The number of aryl methyl sites for hydroxylation is 1. The Hall–Kier alpha value is -1.48. The quantitative estimate of drug-likeness (QED) is 0.799. The lowest BCUT2D eigenvalue weighted by Crippen LogP contribution is -1.83. The van der Waals surface area contributed by atoms with Gasteiger partial charge in [-0.05, 0) is 30.7 Å². The Morgan fingerprint density at radius 2 is 2.36 bits per heavy atom. The molecule has 0 fully saturated rings. The van der Waals surface area contributed by atoms with Gasteiger partial charge in [0.25, 0.3) is 0 Å². The molecule has 1 aromatic carbocycles. The zero-order valence-electron chi connectivity index (χ0n) is 10.7. The second-order valence-corrected chi connectivity index (χ2v) is 3.15. The van der Waals surface area contributed by atoms with E-state index in [1.165, 1.54) is 0 Å². The van der Waals surface area contributed by atoms with Crippen molar-refractivity contribution in [3.05, 3.63) is 29.5 Å². The van der Waals surface area contributed by atoms with Crippen molar-refractivity contribution in [1.29, 1.82) is 0 Å². The Labute approximate surface area is 86.1 Å². The molecule has 0 amide bonds. The second-order valence-electron chi connectivity index (χ2n) is 3.15. The summed E-state index contributed by atoms with van der Waals surface area (Å²) >= 11 is 0. The highest BCUT2D eigenvalue weighted by Crippen LogP contribution is 2.30. The van der Waals surface area contributed by atoms with Gasteiger partial charge in [0, 0.05) is 5.39 Å². The fourth-order valence-corrected chi connectivity index (χ4v) is 1.47. The number of aliphatic hydroxyl groups excluding tert-OH is 1. The normalized spacial score (nSPS) is 14.9. The van der Waals surface area contributed by atoms with E-state index in [0.717, 1.165) is 5.56 Å². The zero-order chi connectivity index (χ0) is 12.6. The molecule has 0 atom stereocenters. The van der Waals surface area contributed by atoms with Gasteiger partial charge in [0.1, 0.15) is 12.4 Å². The number of benzene rings is 1. The molecular formula is C11H12O3. The van der Waals surface area contributed by atoms with Crippen LogP contribution in [0.15, 0.2) is 22.6 Å². The van der Waals surface area contributed by atoms with Gasteiger partial charge in [-0.3, -0.25) is 0 Å². The van der Waals surface area contributed by atoms with Crippen LogP contribution >= 0.6 is 0 Å². The molecule has 3 nitrogen and oxygen atoms in total. The molecule has 1 aromatic heterocycles. The van der Waals surface area contributed by atoms with Crippen molar-refractivity contribution >= 4 is 11.0 Å². The molecule has 0 saturated heterocycles. The number of furan rings is 1. The molecule has 2 rings (SSSR count). The van der Waals surface area contributed by atoms with Gasteiger partial charge in [0.05, 0.1) is 11.2 Å². The van der Waals surface area contributed by atoms with Crippen molar-refractivity contribution < 1.29 is 18.4 Å². The first-order chi connectivity index (χ1) is 7.89. The van der Waals surface area contributed by atoms with Gasteiger partial charge in [0.2, 0.25) is 0 Å². The molecular weight excluding hydrogens is 180 g/mol. The van der Waals surface area contributed by atoms with Crippen molar-refractivity contribution in [3.8, 4) is 5.75 Å². The summed E-state index contributed by atoms with van der Waals surface area (Å²) in [5.74, 6) is 0.542. The van der Waals surface area contributed by atoms with Crippen LogP contribution in [0.3, 0.4) is 0 Å². The Balaban J connectivity index is 2.56. The summed E-state index contributed by atoms with van der Waals surface area (Å²) in [7, 11) is -2.52. The third kappa shape index (κ3) is 1.36. The summed E-state index contributed by atoms with van der Waals surface area (Å²) in [5, 5.41) is 9.70. The van der Waals surface area contributed by atoms with E-state index in [1.807, 2.05) is 13.0 Å². The van der Waals surface area contributed by atoms with Gasteiger partial charge in [0.15, 0.2) is 11.3 Å². The minimum absolute atomic E-state index is 0.166. The maximum Gasteiger partial charge on any atom is 0.176 e. The van der Waals surface area contributed by atoms with Crippen LogP contribution in [0.2, 0.25) is 0 Å². The van der Waals surface area contributed by atoms with Crippen LogP contribution in [-0.2, 0) is 6.61 Å². The monoisotopic (exact) mass is 195 g/mol. The molecule has 14 heavy (non-hydrogen) atoms. The lowest BCUT2D eigenvalue weighted by atomic mass is 10.1. The number of methoxy groups -OCH3 is 1. The van der Waals surface area contributed by atoms with Crippen LogP contribution in [0.5, 0.6) is 5.75 Å². The SMILES string of the molecule is [2H]C([2H])([2H])Oc1cc(C)cc2cc(CO)oc12. The van der Waals surface area contributed by atoms with E-state index < -0.39 is 7.04 Å². The van der Waals surface area contributed by atoms with Crippen LogP contribution in [0.25, 0.3) is 11.0 Å². The summed E-state index contributed by atoms with van der Waals surface area (Å²) in [6.45, 7) is 1.60. The molecule has 0 unspecified atom stereocenters. The molecule has 1 N–H and O–H groups in total. The largest absolute Gasteiger partial charge is 0.493 e. The minimum atomic E-state index is -2.52. The summed E-state index contributed by atoms with van der Waals surface area (Å²) in [4.78, 5) is 0. The average Bonchev–Trinajstić information content (AvgIpc) is 2.58. The second kappa shape index (κ2) is 3.35. The van der Waals surface area contributed by atoms with Gasteiger partial charge in [-0.2, -0.15) is 0 Å². The topological polar surface area (TPSA) is 42.6 Å². The lowest BCUT2D eigenvalue weighted by molar-refractivity contribution is 0.250. The molecule has 0 aliphatic carbocycles. The molecule has 0 spiro atoms. The molecule has 1 heterocycles. The first kappa shape index (κ1) is 6.09. The van der Waals surface area contributed by atoms with Crippen molar-refractivity contribution in [2.45, 2.75) is 13.5 Å². The highest BCUT2D eigenvalue weighted by molar-refractivity contribution is 5.84. The highest BCUT2D eigenvalue weighted by Gasteiger charge is 2.08. The maximum absolute atomic E-state index is 8.99. The molecule has 0 bridgehead atoms. The van der Waals surface area contributed by atoms with E-state index in [1.54, 1.807) is 12.1 Å². The predicted molar refractivity (Wildman–Crippen MR) is 53.4 cm³/mol. The Morgan fingerprint density at radius 1 is 1.50 bits per heavy atom. The summed E-state index contributed by atoms with van der Waals surface area (Å²) in [6, 6.07) is 5.10. The molecule has 0 aliphatic rings. The maximum atomic E-state index is 8.99. The first-order valence-corrected chi connectivity index (χ1v) is 4.22. The fraction of sp³-hybridized carbons (Fsp3) is 0.273. The number of ether oxygens (including phenoxy) is 1. The van der Waals surface area contributed by atoms with Crippen molar-refractivity contribution in [1.82, 2.24) is 0 Å². The molecule has 2 aromatic rings. The van der Waals surface area contributed by atoms with Crippen LogP contribution < -0.4 is 4.74 Å². The molecule has 74 valence electrons. The first-order valence-electron chi connectivity index (χ1n) is 5.72. The van der Waals surface area contributed by atoms with Crippen molar-refractivity contribution in [2.75, 3.05) is 7.04 Å². The predicted octanol–water partition coefficient (Wildman–Crippen LogP) is 2.24. The molecule has 0 saturated carbocycles. The van der Waals surface area contributed by atoms with E-state index in [-0.39, 0.29) is 12.4 Å². The number of aliphatic hydroxyl groups is 1. The summed E-state index contributed by atoms with van der Waals surface area (Å²) in [5.41, 5.74) is 1.21. The fourth-order valence-electron chi connectivity index (χ4n) is 1.47. The van der Waals surface area contributed by atoms with E-state index in [2.05, 4.69) is 0 Å². The summed E-state index contributed by atoms with van der Waals surface area (Å²) in [6.07, 6.45) is 0. The standard InChI is InChI=1S/C11H12O3/c1-7-3-8-5-9(6-12)14-11(8)10(4-7)13-2/h3-5,12H,6H2,1-2H3/i2D3. The van der Waals surface area contributed by atoms with Crippen LogP contribution in [-0.4, -0.2) is 12.1 Å². The number of rotatable bonds is 2. The van der Waals surface area contributed by atoms with E-state index in [0.29, 0.717) is 16.7 Å². The van der Waals surface area contributed by atoms with Gasteiger partial charge < -0.3 is 14.3 Å². The Bertz CT molecular complexity index is 543. The van der Waals surface area contributed by atoms with Crippen LogP contribution in [0, 0.1) is 6.92 Å². The third-order valence-corrected chi connectivity index (χ3v) is 2.04. The number of hydrogen-bond acceptors (Lipinski definition) is 3. The Morgan fingerprint density at radius 3 is 3.07 bits per heavy atom. The van der Waals surface area contributed by atoms with Gasteiger partial charge in [-0.25, -0.2) is 0 Å². The minimum Gasteiger partial charge on any atom is -0.493 e. The molecule has 0 radical (unpaired) electrons. The van der Waals surface area contributed by atoms with Gasteiger partial charge >= 0.3 is 0 Å². The third-order valence-electron chi connectivity index (χ3n) is 2.04.